The van der Waals surface area contributed by atoms with Gasteiger partial charge in [0, 0.05) is 18.8 Å². The summed E-state index contributed by atoms with van der Waals surface area (Å²) in [4.78, 5) is 5.04. The third-order valence-corrected chi connectivity index (χ3v) is 5.05. The lowest BCUT2D eigenvalue weighted by Crippen LogP contribution is -2.42. The maximum Gasteiger partial charge on any atom is 0.0515 e. The van der Waals surface area contributed by atoms with Gasteiger partial charge in [0.05, 0.1) is 6.04 Å². The van der Waals surface area contributed by atoms with E-state index in [2.05, 4.69) is 30.4 Å². The van der Waals surface area contributed by atoms with Crippen LogP contribution < -0.4 is 5.73 Å². The van der Waals surface area contributed by atoms with Crippen LogP contribution in [0.15, 0.2) is 12.3 Å². The second-order valence-electron chi connectivity index (χ2n) is 6.57. The fourth-order valence-electron chi connectivity index (χ4n) is 3.94. The van der Waals surface area contributed by atoms with Gasteiger partial charge in [-0.25, -0.2) is 0 Å². The van der Waals surface area contributed by atoms with Crippen LogP contribution >= 0.6 is 0 Å². The molecule has 1 saturated heterocycles. The van der Waals surface area contributed by atoms with Crippen molar-refractivity contribution < 1.29 is 0 Å². The zero-order valence-electron chi connectivity index (χ0n) is 12.8. The summed E-state index contributed by atoms with van der Waals surface area (Å²) in [6, 6.07) is 0.444. The minimum absolute atomic E-state index is 0.444. The van der Waals surface area contributed by atoms with Crippen molar-refractivity contribution in [3.8, 4) is 0 Å². The van der Waals surface area contributed by atoms with Gasteiger partial charge in [0.25, 0.3) is 0 Å². The quantitative estimate of drug-likeness (QED) is 0.800. The Morgan fingerprint density at radius 2 is 2.05 bits per heavy atom. The van der Waals surface area contributed by atoms with Crippen molar-refractivity contribution >= 4 is 0 Å². The van der Waals surface area contributed by atoms with Crippen LogP contribution in [-0.4, -0.2) is 49.1 Å². The van der Waals surface area contributed by atoms with Crippen LogP contribution in [-0.2, 0) is 0 Å². The molecule has 0 aromatic carbocycles. The summed E-state index contributed by atoms with van der Waals surface area (Å²) in [7, 11) is 2.22. The Kier molecular flexibility index (Phi) is 5.28. The largest absolute Gasteiger partial charge is 0.401 e. The molecule has 3 heteroatoms. The van der Waals surface area contributed by atoms with Crippen LogP contribution in [0.3, 0.4) is 0 Å². The van der Waals surface area contributed by atoms with Crippen molar-refractivity contribution in [2.45, 2.75) is 45.1 Å². The molecule has 0 bridgehead atoms. The van der Waals surface area contributed by atoms with E-state index in [1.807, 2.05) is 0 Å². The topological polar surface area (TPSA) is 32.5 Å². The van der Waals surface area contributed by atoms with Crippen LogP contribution in [0.1, 0.15) is 39.0 Å². The summed E-state index contributed by atoms with van der Waals surface area (Å²) in [6.07, 6.45) is 6.77. The van der Waals surface area contributed by atoms with E-state index in [1.54, 1.807) is 0 Å². The van der Waals surface area contributed by atoms with Gasteiger partial charge in [0.15, 0.2) is 0 Å². The van der Waals surface area contributed by atoms with Crippen LogP contribution in [0.4, 0.5) is 0 Å². The van der Waals surface area contributed by atoms with Crippen molar-refractivity contribution in [2.75, 3.05) is 33.2 Å². The smallest absolute Gasteiger partial charge is 0.0515 e. The highest BCUT2D eigenvalue weighted by molar-refractivity contribution is 5.06. The molecule has 2 unspecified atom stereocenters. The van der Waals surface area contributed by atoms with E-state index in [0.717, 1.165) is 24.1 Å². The first-order valence-corrected chi connectivity index (χ1v) is 7.98. The van der Waals surface area contributed by atoms with Crippen molar-refractivity contribution in [1.29, 1.82) is 0 Å². The lowest BCUT2D eigenvalue weighted by molar-refractivity contribution is 0.190. The molecule has 0 aromatic heterocycles. The highest BCUT2D eigenvalue weighted by Gasteiger charge is 2.35. The van der Waals surface area contributed by atoms with Crippen LogP contribution in [0.2, 0.25) is 0 Å². The summed E-state index contributed by atoms with van der Waals surface area (Å²) in [5, 5.41) is 0. The predicted molar refractivity (Wildman–Crippen MR) is 81.9 cm³/mol. The lowest BCUT2D eigenvalue weighted by atomic mass is 9.94. The van der Waals surface area contributed by atoms with E-state index in [-0.39, 0.29) is 0 Å². The Balaban J connectivity index is 1.91. The molecule has 2 N–H and O–H groups in total. The molecule has 1 aliphatic heterocycles. The molecular formula is C16H31N3. The van der Waals surface area contributed by atoms with Crippen molar-refractivity contribution in [2.24, 2.45) is 17.6 Å². The molecule has 2 atom stereocenters. The van der Waals surface area contributed by atoms with Crippen LogP contribution in [0.25, 0.3) is 0 Å². The Hall–Kier alpha value is -0.540. The first-order chi connectivity index (χ1) is 9.11. The van der Waals surface area contributed by atoms with Gasteiger partial charge in [0.2, 0.25) is 0 Å². The van der Waals surface area contributed by atoms with Crippen LogP contribution in [0.5, 0.6) is 0 Å². The molecule has 110 valence electrons. The van der Waals surface area contributed by atoms with Gasteiger partial charge in [-0.15, -0.1) is 0 Å². The first-order valence-electron chi connectivity index (χ1n) is 7.98. The molecular weight excluding hydrogens is 234 g/mol. The average Bonchev–Trinajstić information content (AvgIpc) is 3.01. The molecule has 0 spiro atoms. The van der Waals surface area contributed by atoms with E-state index in [4.69, 9.17) is 5.73 Å². The Labute approximate surface area is 118 Å². The molecule has 2 fully saturated rings. The molecule has 19 heavy (non-hydrogen) atoms. The average molecular weight is 265 g/mol. The summed E-state index contributed by atoms with van der Waals surface area (Å²) < 4.78 is 0. The minimum Gasteiger partial charge on any atom is -0.401 e. The summed E-state index contributed by atoms with van der Waals surface area (Å²) in [5.74, 6) is 1.58. The Morgan fingerprint density at radius 3 is 2.63 bits per heavy atom. The molecule has 3 nitrogen and oxygen atoms in total. The fraction of sp³-hybridized carbons (Fsp3) is 0.875. The van der Waals surface area contributed by atoms with Gasteiger partial charge < -0.3 is 10.6 Å². The first kappa shape index (κ1) is 14.9. The molecule has 0 amide bonds. The van der Waals surface area contributed by atoms with Gasteiger partial charge in [-0.2, -0.15) is 0 Å². The SMILES string of the molecule is C=C(N)C(C1CCCC1)N1CCC(CN(C)CC)C1. The zero-order chi connectivity index (χ0) is 13.8. The molecule has 0 radical (unpaired) electrons. The van der Waals surface area contributed by atoms with Gasteiger partial charge in [-0.1, -0.05) is 26.3 Å². The maximum absolute atomic E-state index is 6.12. The minimum atomic E-state index is 0.444. The summed E-state index contributed by atoms with van der Waals surface area (Å²) in [5.41, 5.74) is 7.02. The number of nitrogens with two attached hydrogens (primary N) is 1. The second kappa shape index (κ2) is 6.76. The van der Waals surface area contributed by atoms with Crippen molar-refractivity contribution in [1.82, 2.24) is 9.80 Å². The summed E-state index contributed by atoms with van der Waals surface area (Å²) >= 11 is 0. The molecule has 1 heterocycles. The Bertz CT molecular complexity index is 296. The van der Waals surface area contributed by atoms with Gasteiger partial charge in [0.1, 0.15) is 0 Å². The van der Waals surface area contributed by atoms with Gasteiger partial charge >= 0.3 is 0 Å². The summed E-state index contributed by atoms with van der Waals surface area (Å²) in [6.45, 7) is 11.1. The molecule has 1 saturated carbocycles. The highest BCUT2D eigenvalue weighted by atomic mass is 15.2. The van der Waals surface area contributed by atoms with Crippen LogP contribution in [0, 0.1) is 11.8 Å². The highest BCUT2D eigenvalue weighted by Crippen LogP contribution is 2.34. The molecule has 2 rings (SSSR count). The van der Waals surface area contributed by atoms with Crippen molar-refractivity contribution in [3.05, 3.63) is 12.3 Å². The number of rotatable bonds is 6. The number of hydrogen-bond acceptors (Lipinski definition) is 3. The maximum atomic E-state index is 6.12. The zero-order valence-corrected chi connectivity index (χ0v) is 12.8. The molecule has 0 aromatic rings. The van der Waals surface area contributed by atoms with E-state index in [0.29, 0.717) is 6.04 Å². The molecule has 2 aliphatic rings. The predicted octanol–water partition coefficient (Wildman–Crippen LogP) is 2.29. The van der Waals surface area contributed by atoms with E-state index in [1.165, 1.54) is 51.7 Å². The normalized spacial score (nSPS) is 27.2. The fourth-order valence-corrected chi connectivity index (χ4v) is 3.94. The third-order valence-electron chi connectivity index (χ3n) is 5.05. The van der Waals surface area contributed by atoms with E-state index < -0.39 is 0 Å². The van der Waals surface area contributed by atoms with Crippen molar-refractivity contribution in [3.63, 3.8) is 0 Å². The van der Waals surface area contributed by atoms with E-state index in [9.17, 15) is 0 Å². The third kappa shape index (κ3) is 3.73. The molecule has 1 aliphatic carbocycles. The number of likely N-dealkylation sites (tertiary alicyclic amines) is 1. The van der Waals surface area contributed by atoms with Gasteiger partial charge in [-0.05, 0) is 51.2 Å². The standard InChI is InChI=1S/C16H31N3/c1-4-18(3)11-14-9-10-19(12-14)16(13(2)17)15-7-5-6-8-15/h14-16H,2,4-12,17H2,1,3H3. The van der Waals surface area contributed by atoms with E-state index >= 15 is 0 Å². The number of hydrogen-bond donors (Lipinski definition) is 1. The van der Waals surface area contributed by atoms with Gasteiger partial charge in [-0.3, -0.25) is 4.90 Å². The Morgan fingerprint density at radius 1 is 1.37 bits per heavy atom. The monoisotopic (exact) mass is 265 g/mol. The second-order valence-corrected chi connectivity index (χ2v) is 6.57. The number of nitrogens with zero attached hydrogens (tertiary/aromatic N) is 2. The lowest BCUT2D eigenvalue weighted by Gasteiger charge is -2.33.